The molecule has 3 rings (SSSR count). The van der Waals surface area contributed by atoms with Crippen LogP contribution in [0.15, 0.2) is 40.2 Å². The summed E-state index contributed by atoms with van der Waals surface area (Å²) in [7, 11) is -1.39. The standard InChI is InChI=1S/C18H19N3O3S2/c1-11-4-6-14(7-5-11)18-19-15(9-25-18)10-26(23)13(3)17(22)20-16-8-12(2)24-21-16/h4-9,13H,10H2,1-3H3,(H,20,21,22). The van der Waals surface area contributed by atoms with Crippen molar-refractivity contribution in [2.24, 2.45) is 0 Å². The van der Waals surface area contributed by atoms with Gasteiger partial charge in [0, 0.05) is 27.8 Å². The third-order valence-corrected chi connectivity index (χ3v) is 6.31. The number of thiazole rings is 1. The predicted molar refractivity (Wildman–Crippen MR) is 103 cm³/mol. The number of nitrogens with one attached hydrogen (secondary N) is 1. The van der Waals surface area contributed by atoms with E-state index >= 15 is 0 Å². The van der Waals surface area contributed by atoms with Crippen LogP contribution in [0.25, 0.3) is 10.6 Å². The van der Waals surface area contributed by atoms with Crippen LogP contribution in [0.4, 0.5) is 5.82 Å². The van der Waals surface area contributed by atoms with Crippen molar-refractivity contribution in [2.75, 3.05) is 5.32 Å². The Labute approximate surface area is 158 Å². The van der Waals surface area contributed by atoms with Gasteiger partial charge in [0.2, 0.25) is 5.91 Å². The number of rotatable bonds is 6. The average molecular weight is 390 g/mol. The van der Waals surface area contributed by atoms with Crippen LogP contribution >= 0.6 is 11.3 Å². The first-order chi connectivity index (χ1) is 12.4. The highest BCUT2D eigenvalue weighted by Gasteiger charge is 2.22. The lowest BCUT2D eigenvalue weighted by atomic mass is 10.2. The topological polar surface area (TPSA) is 85.1 Å². The van der Waals surface area contributed by atoms with Gasteiger partial charge in [-0.1, -0.05) is 35.0 Å². The lowest BCUT2D eigenvalue weighted by molar-refractivity contribution is -0.115. The molecule has 2 unspecified atom stereocenters. The quantitative estimate of drug-likeness (QED) is 0.695. The van der Waals surface area contributed by atoms with Crippen molar-refractivity contribution < 1.29 is 13.5 Å². The van der Waals surface area contributed by atoms with E-state index < -0.39 is 16.0 Å². The first-order valence-electron chi connectivity index (χ1n) is 8.05. The summed E-state index contributed by atoms with van der Waals surface area (Å²) in [4.78, 5) is 16.8. The minimum absolute atomic E-state index is 0.231. The first-order valence-corrected chi connectivity index (χ1v) is 10.3. The first kappa shape index (κ1) is 18.5. The number of hydrogen-bond acceptors (Lipinski definition) is 6. The highest BCUT2D eigenvalue weighted by atomic mass is 32.2. The van der Waals surface area contributed by atoms with E-state index in [2.05, 4.69) is 15.5 Å². The van der Waals surface area contributed by atoms with Gasteiger partial charge in [-0.05, 0) is 20.8 Å². The van der Waals surface area contributed by atoms with Crippen molar-refractivity contribution in [1.82, 2.24) is 10.1 Å². The second kappa shape index (κ2) is 7.92. The van der Waals surface area contributed by atoms with E-state index in [0.29, 0.717) is 11.6 Å². The SMILES string of the molecule is Cc1ccc(-c2nc(CS(=O)C(C)C(=O)Nc3cc(C)on3)cs2)cc1. The molecule has 6 nitrogen and oxygen atoms in total. The molecule has 0 fully saturated rings. The predicted octanol–water partition coefficient (Wildman–Crippen LogP) is 3.69. The van der Waals surface area contributed by atoms with Gasteiger partial charge in [0.15, 0.2) is 5.82 Å². The van der Waals surface area contributed by atoms with Gasteiger partial charge in [-0.2, -0.15) is 0 Å². The van der Waals surface area contributed by atoms with E-state index in [4.69, 9.17) is 4.52 Å². The summed E-state index contributed by atoms with van der Waals surface area (Å²) in [6.07, 6.45) is 0. The van der Waals surface area contributed by atoms with Gasteiger partial charge in [-0.3, -0.25) is 9.00 Å². The number of hydrogen-bond donors (Lipinski definition) is 1. The van der Waals surface area contributed by atoms with E-state index in [-0.39, 0.29) is 11.7 Å². The van der Waals surface area contributed by atoms with Crippen LogP contribution in [0.2, 0.25) is 0 Å². The van der Waals surface area contributed by atoms with Gasteiger partial charge >= 0.3 is 0 Å². The molecule has 0 saturated heterocycles. The molecule has 2 heterocycles. The maximum absolute atomic E-state index is 12.5. The van der Waals surface area contributed by atoms with Gasteiger partial charge in [-0.15, -0.1) is 11.3 Å². The maximum Gasteiger partial charge on any atom is 0.241 e. The molecule has 3 aromatic rings. The Morgan fingerprint density at radius 3 is 2.69 bits per heavy atom. The van der Waals surface area contributed by atoms with Gasteiger partial charge in [-0.25, -0.2) is 4.98 Å². The fraction of sp³-hybridized carbons (Fsp3) is 0.278. The Bertz CT molecular complexity index is 931. The molecule has 0 radical (unpaired) electrons. The molecule has 1 N–H and O–H groups in total. The van der Waals surface area contributed by atoms with Crippen molar-refractivity contribution in [2.45, 2.75) is 31.8 Å². The molecule has 0 aliphatic rings. The van der Waals surface area contributed by atoms with Crippen LogP contribution in [0, 0.1) is 13.8 Å². The van der Waals surface area contributed by atoms with Gasteiger partial charge < -0.3 is 9.84 Å². The molecule has 0 aliphatic heterocycles. The van der Waals surface area contributed by atoms with E-state index in [9.17, 15) is 9.00 Å². The van der Waals surface area contributed by atoms with E-state index in [1.54, 1.807) is 19.9 Å². The number of carbonyl (C=O) groups excluding carboxylic acids is 1. The zero-order chi connectivity index (χ0) is 18.7. The van der Waals surface area contributed by atoms with Gasteiger partial charge in [0.1, 0.15) is 16.0 Å². The highest BCUT2D eigenvalue weighted by molar-refractivity contribution is 7.85. The van der Waals surface area contributed by atoms with Crippen molar-refractivity contribution >= 4 is 33.9 Å². The summed E-state index contributed by atoms with van der Waals surface area (Å²) >= 11 is 1.51. The van der Waals surface area contributed by atoms with Crippen molar-refractivity contribution in [3.05, 3.63) is 52.7 Å². The molecule has 26 heavy (non-hydrogen) atoms. The van der Waals surface area contributed by atoms with Crippen molar-refractivity contribution in [3.8, 4) is 10.6 Å². The summed E-state index contributed by atoms with van der Waals surface area (Å²) in [6.45, 7) is 5.40. The van der Waals surface area contributed by atoms with Crippen LogP contribution in [0.1, 0.15) is 23.9 Å². The molecule has 2 atom stereocenters. The lowest BCUT2D eigenvalue weighted by Gasteiger charge is -2.09. The lowest BCUT2D eigenvalue weighted by Crippen LogP contribution is -2.29. The number of aromatic nitrogens is 2. The largest absolute Gasteiger partial charge is 0.360 e. The van der Waals surface area contributed by atoms with Crippen LogP contribution < -0.4 is 5.32 Å². The van der Waals surface area contributed by atoms with E-state index in [1.165, 1.54) is 16.9 Å². The molecule has 0 bridgehead atoms. The number of aryl methyl sites for hydroxylation is 2. The molecule has 2 aromatic heterocycles. The molecule has 0 aliphatic carbocycles. The maximum atomic E-state index is 12.5. The molecule has 8 heteroatoms. The molecule has 0 spiro atoms. The second-order valence-electron chi connectivity index (χ2n) is 5.99. The number of benzene rings is 1. The summed E-state index contributed by atoms with van der Waals surface area (Å²) < 4.78 is 17.4. The monoisotopic (exact) mass is 389 g/mol. The average Bonchev–Trinajstić information content (AvgIpc) is 3.24. The Kier molecular flexibility index (Phi) is 5.63. The molecule has 1 aromatic carbocycles. The Morgan fingerprint density at radius 2 is 2.04 bits per heavy atom. The van der Waals surface area contributed by atoms with Gasteiger partial charge in [0.25, 0.3) is 0 Å². The fourth-order valence-corrected chi connectivity index (χ4v) is 4.16. The normalized spacial score (nSPS) is 13.3. The Morgan fingerprint density at radius 1 is 1.31 bits per heavy atom. The third kappa shape index (κ3) is 4.44. The van der Waals surface area contributed by atoms with Crippen LogP contribution in [-0.2, 0) is 21.3 Å². The number of carbonyl (C=O) groups is 1. The zero-order valence-corrected chi connectivity index (χ0v) is 16.3. The number of amides is 1. The minimum atomic E-state index is -1.39. The zero-order valence-electron chi connectivity index (χ0n) is 14.7. The summed E-state index contributed by atoms with van der Waals surface area (Å²) in [5.41, 5.74) is 2.94. The highest BCUT2D eigenvalue weighted by Crippen LogP contribution is 2.25. The summed E-state index contributed by atoms with van der Waals surface area (Å²) in [6, 6.07) is 9.72. The van der Waals surface area contributed by atoms with Crippen LogP contribution in [0.3, 0.4) is 0 Å². The second-order valence-corrected chi connectivity index (χ2v) is 8.60. The van der Waals surface area contributed by atoms with Gasteiger partial charge in [0.05, 0.1) is 11.4 Å². The van der Waals surface area contributed by atoms with E-state index in [1.807, 2.05) is 36.6 Å². The fourth-order valence-electron chi connectivity index (χ4n) is 2.25. The molecular weight excluding hydrogens is 370 g/mol. The molecular formula is C18H19N3O3S2. The molecule has 1 amide bonds. The smallest absolute Gasteiger partial charge is 0.241 e. The summed E-state index contributed by atoms with van der Waals surface area (Å²) in [5, 5.41) is 8.40. The van der Waals surface area contributed by atoms with Crippen molar-refractivity contribution in [1.29, 1.82) is 0 Å². The van der Waals surface area contributed by atoms with Crippen LogP contribution in [0.5, 0.6) is 0 Å². The summed E-state index contributed by atoms with van der Waals surface area (Å²) in [5.74, 6) is 0.798. The molecule has 0 saturated carbocycles. The number of anilines is 1. The van der Waals surface area contributed by atoms with Crippen molar-refractivity contribution in [3.63, 3.8) is 0 Å². The minimum Gasteiger partial charge on any atom is -0.360 e. The molecule has 136 valence electrons. The Hall–Kier alpha value is -2.32. The number of nitrogens with zero attached hydrogens (tertiary/aromatic N) is 2. The Balaban J connectivity index is 1.62. The third-order valence-electron chi connectivity index (χ3n) is 3.78. The van der Waals surface area contributed by atoms with E-state index in [0.717, 1.165) is 16.3 Å². The van der Waals surface area contributed by atoms with Crippen LogP contribution in [-0.4, -0.2) is 25.5 Å².